The summed E-state index contributed by atoms with van der Waals surface area (Å²) in [5.74, 6) is -0.264. The lowest BCUT2D eigenvalue weighted by Crippen LogP contribution is -2.24. The van der Waals surface area contributed by atoms with Crippen LogP contribution in [0.25, 0.3) is 10.9 Å². The van der Waals surface area contributed by atoms with E-state index >= 15 is 0 Å². The molecule has 138 valence electrons. The molecule has 1 atom stereocenters. The van der Waals surface area contributed by atoms with Crippen molar-refractivity contribution in [1.29, 1.82) is 0 Å². The SMILES string of the molecule is CNC(=O)C[C@H]1NCc2cc(NC(=O)c3cc(Cl)cc4[nH]ncc34)ccc21. The number of H-pyrrole nitrogens is 1. The van der Waals surface area contributed by atoms with Gasteiger partial charge < -0.3 is 16.0 Å². The molecule has 0 bridgehead atoms. The Labute approximate surface area is 160 Å². The van der Waals surface area contributed by atoms with Gasteiger partial charge in [0.2, 0.25) is 5.91 Å². The van der Waals surface area contributed by atoms with Gasteiger partial charge in [-0.25, -0.2) is 0 Å². The van der Waals surface area contributed by atoms with Gasteiger partial charge in [0.15, 0.2) is 0 Å². The molecule has 1 aromatic heterocycles. The third-order valence-electron chi connectivity index (χ3n) is 4.75. The van der Waals surface area contributed by atoms with Crippen LogP contribution in [0.3, 0.4) is 0 Å². The Morgan fingerprint density at radius 1 is 1.30 bits per heavy atom. The van der Waals surface area contributed by atoms with Crippen molar-refractivity contribution in [2.45, 2.75) is 19.0 Å². The van der Waals surface area contributed by atoms with Crippen LogP contribution in [-0.4, -0.2) is 29.1 Å². The topological polar surface area (TPSA) is 98.9 Å². The van der Waals surface area contributed by atoms with Crippen LogP contribution >= 0.6 is 11.6 Å². The van der Waals surface area contributed by atoms with Gasteiger partial charge in [-0.15, -0.1) is 0 Å². The second-order valence-corrected chi connectivity index (χ2v) is 6.90. The van der Waals surface area contributed by atoms with Gasteiger partial charge in [-0.2, -0.15) is 5.10 Å². The molecule has 0 saturated heterocycles. The molecule has 0 fully saturated rings. The number of rotatable bonds is 4. The fourth-order valence-electron chi connectivity index (χ4n) is 3.39. The Hall–Kier alpha value is -2.90. The van der Waals surface area contributed by atoms with Gasteiger partial charge in [0.1, 0.15) is 0 Å². The Bertz CT molecular complexity index is 1050. The van der Waals surface area contributed by atoms with E-state index in [-0.39, 0.29) is 17.9 Å². The third-order valence-corrected chi connectivity index (χ3v) is 4.97. The summed E-state index contributed by atoms with van der Waals surface area (Å²) in [4.78, 5) is 24.4. The van der Waals surface area contributed by atoms with E-state index in [0.29, 0.717) is 40.1 Å². The van der Waals surface area contributed by atoms with Crippen LogP contribution in [0.15, 0.2) is 36.5 Å². The van der Waals surface area contributed by atoms with Crippen LogP contribution < -0.4 is 16.0 Å². The first-order chi connectivity index (χ1) is 13.0. The van der Waals surface area contributed by atoms with Crippen LogP contribution in [-0.2, 0) is 11.3 Å². The van der Waals surface area contributed by atoms with E-state index in [4.69, 9.17) is 11.6 Å². The van der Waals surface area contributed by atoms with E-state index in [1.54, 1.807) is 25.4 Å². The number of halogens is 1. The van der Waals surface area contributed by atoms with Crippen molar-refractivity contribution in [3.05, 3.63) is 58.2 Å². The van der Waals surface area contributed by atoms with Crippen molar-refractivity contribution < 1.29 is 9.59 Å². The number of nitrogens with one attached hydrogen (secondary N) is 4. The largest absolute Gasteiger partial charge is 0.359 e. The number of benzene rings is 2. The normalized spacial score (nSPS) is 15.6. The maximum absolute atomic E-state index is 12.7. The van der Waals surface area contributed by atoms with Crippen LogP contribution in [0.2, 0.25) is 5.02 Å². The van der Waals surface area contributed by atoms with E-state index in [1.807, 2.05) is 18.2 Å². The minimum absolute atomic E-state index is 0.0109. The lowest BCUT2D eigenvalue weighted by atomic mass is 10.0. The van der Waals surface area contributed by atoms with Crippen LogP contribution in [0, 0.1) is 0 Å². The highest BCUT2D eigenvalue weighted by molar-refractivity contribution is 6.32. The molecular weight excluding hydrogens is 366 g/mol. The second kappa shape index (κ2) is 7.02. The molecule has 2 heterocycles. The maximum Gasteiger partial charge on any atom is 0.256 e. The number of anilines is 1. The van der Waals surface area contributed by atoms with Gasteiger partial charge in [0.05, 0.1) is 17.3 Å². The summed E-state index contributed by atoms with van der Waals surface area (Å²) in [5, 5.41) is 16.9. The molecule has 2 amide bonds. The maximum atomic E-state index is 12.7. The van der Waals surface area contributed by atoms with Crippen molar-refractivity contribution in [2.75, 3.05) is 12.4 Å². The van der Waals surface area contributed by atoms with E-state index < -0.39 is 0 Å². The van der Waals surface area contributed by atoms with Gasteiger partial charge in [0, 0.05) is 42.2 Å². The average Bonchev–Trinajstić information content (AvgIpc) is 3.27. The van der Waals surface area contributed by atoms with Gasteiger partial charge in [0.25, 0.3) is 5.91 Å². The average molecular weight is 384 g/mol. The molecule has 27 heavy (non-hydrogen) atoms. The molecule has 1 aliphatic rings. The summed E-state index contributed by atoms with van der Waals surface area (Å²) in [5.41, 5.74) is 4.01. The highest BCUT2D eigenvalue weighted by Crippen LogP contribution is 2.30. The van der Waals surface area contributed by atoms with E-state index in [9.17, 15) is 9.59 Å². The smallest absolute Gasteiger partial charge is 0.256 e. The molecule has 0 radical (unpaired) electrons. The molecule has 7 nitrogen and oxygen atoms in total. The number of carbonyl (C=O) groups excluding carboxylic acids is 2. The zero-order valence-electron chi connectivity index (χ0n) is 14.6. The molecule has 3 aromatic rings. The number of hydrogen-bond acceptors (Lipinski definition) is 4. The van der Waals surface area contributed by atoms with Crippen molar-refractivity contribution in [3.8, 4) is 0 Å². The predicted molar refractivity (Wildman–Crippen MR) is 104 cm³/mol. The van der Waals surface area contributed by atoms with E-state index in [0.717, 1.165) is 11.1 Å². The number of hydrogen-bond donors (Lipinski definition) is 4. The summed E-state index contributed by atoms with van der Waals surface area (Å²) in [7, 11) is 1.63. The van der Waals surface area contributed by atoms with Crippen molar-refractivity contribution in [1.82, 2.24) is 20.8 Å². The number of fused-ring (bicyclic) bond motifs is 2. The number of nitrogens with zero attached hydrogens (tertiary/aromatic N) is 1. The minimum Gasteiger partial charge on any atom is -0.359 e. The van der Waals surface area contributed by atoms with Gasteiger partial charge in [-0.3, -0.25) is 14.7 Å². The van der Waals surface area contributed by atoms with Crippen molar-refractivity contribution in [3.63, 3.8) is 0 Å². The van der Waals surface area contributed by atoms with Crippen LogP contribution in [0.5, 0.6) is 0 Å². The molecule has 0 saturated carbocycles. The summed E-state index contributed by atoms with van der Waals surface area (Å²) >= 11 is 6.11. The summed E-state index contributed by atoms with van der Waals surface area (Å²) in [6.45, 7) is 0.657. The Morgan fingerprint density at radius 2 is 2.15 bits per heavy atom. The zero-order valence-corrected chi connectivity index (χ0v) is 15.4. The Morgan fingerprint density at radius 3 is 2.96 bits per heavy atom. The van der Waals surface area contributed by atoms with Gasteiger partial charge >= 0.3 is 0 Å². The first-order valence-corrected chi connectivity index (χ1v) is 8.93. The fourth-order valence-corrected chi connectivity index (χ4v) is 3.61. The summed E-state index contributed by atoms with van der Waals surface area (Å²) in [6.07, 6.45) is 1.99. The number of aromatic nitrogens is 2. The lowest BCUT2D eigenvalue weighted by Gasteiger charge is -2.12. The Kier molecular flexibility index (Phi) is 4.55. The summed E-state index contributed by atoms with van der Waals surface area (Å²) in [6, 6.07) is 9.07. The van der Waals surface area contributed by atoms with Crippen molar-refractivity contribution >= 4 is 40.0 Å². The number of carbonyl (C=O) groups is 2. The van der Waals surface area contributed by atoms with Crippen LogP contribution in [0.4, 0.5) is 5.69 Å². The number of aromatic amines is 1. The molecular formula is C19H18ClN5O2. The van der Waals surface area contributed by atoms with E-state index in [2.05, 4.69) is 26.1 Å². The standard InChI is InChI=1S/C19H18ClN5O2/c1-21-18(26)7-16-13-3-2-12(4-10(13)8-22-16)24-19(27)14-5-11(20)6-17-15(14)9-23-25-17/h2-6,9,16,22H,7-8H2,1H3,(H,21,26)(H,23,25)(H,24,27)/t16-/m1/s1. The molecule has 4 rings (SSSR count). The molecule has 1 aliphatic heterocycles. The van der Waals surface area contributed by atoms with Gasteiger partial charge in [-0.05, 0) is 35.4 Å². The highest BCUT2D eigenvalue weighted by Gasteiger charge is 2.24. The summed E-state index contributed by atoms with van der Waals surface area (Å²) < 4.78 is 0. The molecule has 0 aliphatic carbocycles. The highest BCUT2D eigenvalue weighted by atomic mass is 35.5. The molecule has 8 heteroatoms. The van der Waals surface area contributed by atoms with E-state index in [1.165, 1.54) is 0 Å². The second-order valence-electron chi connectivity index (χ2n) is 6.46. The number of amides is 2. The van der Waals surface area contributed by atoms with Crippen LogP contribution in [0.1, 0.15) is 33.9 Å². The zero-order chi connectivity index (χ0) is 19.0. The molecule has 4 N–H and O–H groups in total. The first kappa shape index (κ1) is 17.5. The lowest BCUT2D eigenvalue weighted by molar-refractivity contribution is -0.121. The predicted octanol–water partition coefficient (Wildman–Crippen LogP) is 2.75. The monoisotopic (exact) mass is 383 g/mol. The Balaban J connectivity index is 1.56. The van der Waals surface area contributed by atoms with Gasteiger partial charge in [-0.1, -0.05) is 17.7 Å². The molecule has 2 aromatic carbocycles. The molecule has 0 unspecified atom stereocenters. The fraction of sp³-hybridized carbons (Fsp3) is 0.211. The minimum atomic E-state index is -0.253. The quantitative estimate of drug-likeness (QED) is 0.556. The molecule has 0 spiro atoms. The third kappa shape index (κ3) is 3.39. The van der Waals surface area contributed by atoms with Crippen molar-refractivity contribution in [2.24, 2.45) is 0 Å². The first-order valence-electron chi connectivity index (χ1n) is 8.56.